The molecule has 1 amide bonds. The average Bonchev–Trinajstić information content (AvgIpc) is 2.62. The van der Waals surface area contributed by atoms with Crippen molar-refractivity contribution in [3.63, 3.8) is 0 Å². The molecule has 0 aromatic heterocycles. The van der Waals surface area contributed by atoms with Crippen LogP contribution in [0.3, 0.4) is 0 Å². The molecule has 3 rings (SSSR count). The molecule has 0 bridgehead atoms. The van der Waals surface area contributed by atoms with Gasteiger partial charge in [0, 0.05) is 38.3 Å². The van der Waals surface area contributed by atoms with E-state index in [0.29, 0.717) is 31.9 Å². The molecule has 2 fully saturated rings. The second-order valence-electron chi connectivity index (χ2n) is 6.42. The Hall–Kier alpha value is -2.37. The highest BCUT2D eigenvalue weighted by Crippen LogP contribution is 2.28. The maximum Gasteiger partial charge on any atom is 0.292 e. The molecule has 0 spiro atoms. The largest absolute Gasteiger partial charge is 0.362 e. The lowest BCUT2D eigenvalue weighted by Crippen LogP contribution is -2.48. The van der Waals surface area contributed by atoms with Crippen LogP contribution in [0.2, 0.25) is 0 Å². The highest BCUT2D eigenvalue weighted by Gasteiger charge is 2.25. The van der Waals surface area contributed by atoms with E-state index in [0.717, 1.165) is 12.8 Å². The van der Waals surface area contributed by atoms with Gasteiger partial charge in [-0.1, -0.05) is 24.1 Å². The van der Waals surface area contributed by atoms with Gasteiger partial charge < -0.3 is 9.80 Å². The number of carbonyl (C=O) groups excluding carboxylic acids is 1. The minimum absolute atomic E-state index is 0.0918. The van der Waals surface area contributed by atoms with Crippen LogP contribution in [0.25, 0.3) is 0 Å². The van der Waals surface area contributed by atoms with Crippen molar-refractivity contribution >= 4 is 17.3 Å². The van der Waals surface area contributed by atoms with Crippen LogP contribution in [0.1, 0.15) is 32.1 Å². The van der Waals surface area contributed by atoms with E-state index >= 15 is 0 Å². The van der Waals surface area contributed by atoms with Gasteiger partial charge >= 0.3 is 0 Å². The molecular weight excluding hydrogens is 306 g/mol. The lowest BCUT2D eigenvalue weighted by Gasteiger charge is -2.35. The number of nitrogens with zero attached hydrogens (tertiary/aromatic N) is 3. The number of hydrogen-bond donors (Lipinski definition) is 0. The molecule has 1 aliphatic heterocycles. The van der Waals surface area contributed by atoms with Gasteiger partial charge in [-0.3, -0.25) is 14.9 Å². The molecule has 0 unspecified atom stereocenters. The first-order valence-electron chi connectivity index (χ1n) is 8.62. The number of allylic oxidation sites excluding steroid dienone is 1. The Kier molecular flexibility index (Phi) is 5.13. The Morgan fingerprint density at radius 3 is 2.38 bits per heavy atom. The summed E-state index contributed by atoms with van der Waals surface area (Å²) in [7, 11) is 0. The van der Waals surface area contributed by atoms with Crippen molar-refractivity contribution in [1.82, 2.24) is 4.90 Å². The molecule has 2 aliphatic rings. The summed E-state index contributed by atoms with van der Waals surface area (Å²) in [4.78, 5) is 27.1. The lowest BCUT2D eigenvalue weighted by atomic mass is 9.94. The van der Waals surface area contributed by atoms with Crippen LogP contribution < -0.4 is 4.90 Å². The number of nitro benzene ring substituents is 1. The van der Waals surface area contributed by atoms with Gasteiger partial charge in [0.25, 0.3) is 5.69 Å². The van der Waals surface area contributed by atoms with Gasteiger partial charge in [-0.15, -0.1) is 0 Å². The van der Waals surface area contributed by atoms with E-state index in [-0.39, 0.29) is 16.5 Å². The predicted molar refractivity (Wildman–Crippen MR) is 93.1 cm³/mol. The van der Waals surface area contributed by atoms with Crippen LogP contribution in [0.4, 0.5) is 11.4 Å². The highest BCUT2D eigenvalue weighted by atomic mass is 16.6. The summed E-state index contributed by atoms with van der Waals surface area (Å²) >= 11 is 0. The number of para-hydroxylation sites is 2. The van der Waals surface area contributed by atoms with Gasteiger partial charge in [0.15, 0.2) is 0 Å². The van der Waals surface area contributed by atoms with E-state index in [9.17, 15) is 14.9 Å². The molecule has 6 nitrogen and oxygen atoms in total. The molecule has 6 heteroatoms. The van der Waals surface area contributed by atoms with Crippen LogP contribution >= 0.6 is 0 Å². The minimum Gasteiger partial charge on any atom is -0.362 e. The number of hydrogen-bond acceptors (Lipinski definition) is 4. The lowest BCUT2D eigenvalue weighted by molar-refractivity contribution is -0.384. The maximum atomic E-state index is 12.4. The summed E-state index contributed by atoms with van der Waals surface area (Å²) < 4.78 is 0. The maximum absolute atomic E-state index is 12.4. The van der Waals surface area contributed by atoms with E-state index in [4.69, 9.17) is 0 Å². The predicted octanol–water partition coefficient (Wildman–Crippen LogP) is 3.13. The zero-order valence-electron chi connectivity index (χ0n) is 13.8. The zero-order valence-corrected chi connectivity index (χ0v) is 13.8. The van der Waals surface area contributed by atoms with Crippen molar-refractivity contribution in [2.75, 3.05) is 31.1 Å². The van der Waals surface area contributed by atoms with Gasteiger partial charge in [-0.05, 0) is 31.7 Å². The quantitative estimate of drug-likeness (QED) is 0.485. The molecular formula is C18H23N3O3. The third-order valence-electron chi connectivity index (χ3n) is 4.83. The van der Waals surface area contributed by atoms with Gasteiger partial charge in [-0.25, -0.2) is 0 Å². The molecule has 1 saturated carbocycles. The van der Waals surface area contributed by atoms with E-state index in [1.807, 2.05) is 21.9 Å². The Morgan fingerprint density at radius 1 is 1.04 bits per heavy atom. The van der Waals surface area contributed by atoms with E-state index in [2.05, 4.69) is 0 Å². The monoisotopic (exact) mass is 329 g/mol. The van der Waals surface area contributed by atoms with Crippen LogP contribution in [0.15, 0.2) is 35.9 Å². The van der Waals surface area contributed by atoms with Crippen molar-refractivity contribution < 1.29 is 9.72 Å². The molecule has 1 aromatic rings. The topological polar surface area (TPSA) is 66.7 Å². The van der Waals surface area contributed by atoms with Crippen molar-refractivity contribution in [2.24, 2.45) is 0 Å². The zero-order chi connectivity index (χ0) is 16.9. The number of rotatable bonds is 3. The Balaban J connectivity index is 1.62. The van der Waals surface area contributed by atoms with Crippen LogP contribution in [0, 0.1) is 10.1 Å². The first-order valence-corrected chi connectivity index (χ1v) is 8.62. The fourth-order valence-electron chi connectivity index (χ4n) is 3.47. The third kappa shape index (κ3) is 3.75. The normalized spacial score (nSPS) is 18.4. The second kappa shape index (κ2) is 7.47. The standard InChI is InChI=1S/C18H23N3O3/c22-18(14-15-6-2-1-3-7-15)20-12-10-19(11-13-20)16-8-4-5-9-17(16)21(23)24/h4-5,8-9,14H,1-3,6-7,10-13H2. The Bertz CT molecular complexity index is 641. The molecule has 128 valence electrons. The molecule has 1 saturated heterocycles. The summed E-state index contributed by atoms with van der Waals surface area (Å²) in [5, 5.41) is 11.2. The van der Waals surface area contributed by atoms with Gasteiger partial charge in [0.2, 0.25) is 5.91 Å². The highest BCUT2D eigenvalue weighted by molar-refractivity contribution is 5.88. The molecule has 1 aliphatic carbocycles. The van der Waals surface area contributed by atoms with Crippen molar-refractivity contribution in [3.05, 3.63) is 46.0 Å². The fourth-order valence-corrected chi connectivity index (χ4v) is 3.47. The number of anilines is 1. The molecule has 1 heterocycles. The fraction of sp³-hybridized carbons (Fsp3) is 0.500. The molecule has 24 heavy (non-hydrogen) atoms. The van der Waals surface area contributed by atoms with Crippen molar-refractivity contribution in [1.29, 1.82) is 0 Å². The number of benzene rings is 1. The van der Waals surface area contributed by atoms with E-state index in [1.165, 1.54) is 30.9 Å². The average molecular weight is 329 g/mol. The van der Waals surface area contributed by atoms with Gasteiger partial charge in [0.05, 0.1) is 4.92 Å². The van der Waals surface area contributed by atoms with Crippen molar-refractivity contribution in [3.8, 4) is 0 Å². The summed E-state index contributed by atoms with van der Waals surface area (Å²) in [5.41, 5.74) is 2.04. The van der Waals surface area contributed by atoms with Crippen LogP contribution in [0.5, 0.6) is 0 Å². The summed E-state index contributed by atoms with van der Waals surface area (Å²) in [6.45, 7) is 2.46. The van der Waals surface area contributed by atoms with Crippen molar-refractivity contribution in [2.45, 2.75) is 32.1 Å². The summed E-state index contributed by atoms with van der Waals surface area (Å²) in [6.07, 6.45) is 7.54. The minimum atomic E-state index is -0.347. The van der Waals surface area contributed by atoms with Gasteiger partial charge in [0.1, 0.15) is 5.69 Å². The third-order valence-corrected chi connectivity index (χ3v) is 4.83. The number of carbonyl (C=O) groups is 1. The molecule has 0 radical (unpaired) electrons. The summed E-state index contributed by atoms with van der Waals surface area (Å²) in [5.74, 6) is 0.0918. The van der Waals surface area contributed by atoms with Crippen LogP contribution in [-0.2, 0) is 4.79 Å². The first kappa shape index (κ1) is 16.5. The Labute approximate surface area is 141 Å². The SMILES string of the molecule is O=C(C=C1CCCCC1)N1CCN(c2ccccc2[N+](=O)[O-])CC1. The smallest absolute Gasteiger partial charge is 0.292 e. The molecule has 0 N–H and O–H groups in total. The van der Waals surface area contributed by atoms with Gasteiger partial charge in [-0.2, -0.15) is 0 Å². The van der Waals surface area contributed by atoms with E-state index < -0.39 is 0 Å². The van der Waals surface area contributed by atoms with E-state index in [1.54, 1.807) is 12.1 Å². The molecule has 0 atom stereocenters. The number of nitro groups is 1. The molecule has 1 aromatic carbocycles. The Morgan fingerprint density at radius 2 is 1.71 bits per heavy atom. The first-order chi connectivity index (χ1) is 11.6. The summed E-state index contributed by atoms with van der Waals surface area (Å²) in [6, 6.07) is 6.80. The number of piperazine rings is 1. The van der Waals surface area contributed by atoms with Crippen LogP contribution in [-0.4, -0.2) is 41.9 Å². The number of amides is 1. The second-order valence-corrected chi connectivity index (χ2v) is 6.42.